The molecule has 4 rings (SSSR count). The van der Waals surface area contributed by atoms with Crippen LogP contribution in [0.5, 0.6) is 0 Å². The zero-order chi connectivity index (χ0) is 16.6. The largest absolute Gasteiger partial charge is 0.369 e. The van der Waals surface area contributed by atoms with Gasteiger partial charge in [0.2, 0.25) is 0 Å². The summed E-state index contributed by atoms with van der Waals surface area (Å²) in [6, 6.07) is 9.63. The van der Waals surface area contributed by atoms with Gasteiger partial charge in [0.05, 0.1) is 4.90 Å². The average Bonchev–Trinajstić information content (AvgIpc) is 2.93. The summed E-state index contributed by atoms with van der Waals surface area (Å²) in [4.78, 5) is 9.24. The van der Waals surface area contributed by atoms with Crippen LogP contribution >= 0.6 is 0 Å². The summed E-state index contributed by atoms with van der Waals surface area (Å²) < 4.78 is 24.0. The van der Waals surface area contributed by atoms with Crippen molar-refractivity contribution >= 4 is 21.6 Å². The minimum atomic E-state index is -3.23. The van der Waals surface area contributed by atoms with Gasteiger partial charge in [0.1, 0.15) is 0 Å². The highest BCUT2D eigenvalue weighted by molar-refractivity contribution is 7.94. The molecular weight excluding hydrogens is 322 g/mol. The van der Waals surface area contributed by atoms with Crippen LogP contribution in [0.1, 0.15) is 11.1 Å². The Morgan fingerprint density at radius 1 is 1.00 bits per heavy atom. The molecule has 0 amide bonds. The van der Waals surface area contributed by atoms with E-state index in [-0.39, 0.29) is 0 Å². The fraction of sp³-hybridized carbons (Fsp3) is 0.278. The first kappa shape index (κ1) is 15.4. The summed E-state index contributed by atoms with van der Waals surface area (Å²) in [5.41, 5.74) is 3.15. The third-order valence-corrected chi connectivity index (χ3v) is 6.13. The number of rotatable bonds is 3. The Morgan fingerprint density at radius 3 is 2.50 bits per heavy atom. The summed E-state index contributed by atoms with van der Waals surface area (Å²) in [5, 5.41) is 1.31. The lowest BCUT2D eigenvalue weighted by Crippen LogP contribution is -2.46. The van der Waals surface area contributed by atoms with Gasteiger partial charge >= 0.3 is 0 Å². The van der Waals surface area contributed by atoms with Gasteiger partial charge in [0, 0.05) is 56.2 Å². The van der Waals surface area contributed by atoms with Gasteiger partial charge in [0.25, 0.3) is 0 Å². The minimum Gasteiger partial charge on any atom is -0.369 e. The fourth-order valence-electron chi connectivity index (χ4n) is 3.36. The molecule has 0 N–H and O–H groups in total. The van der Waals surface area contributed by atoms with Gasteiger partial charge in [-0.15, -0.1) is 0 Å². The Kier molecular flexibility index (Phi) is 3.86. The number of hydrogen-bond acceptors (Lipinski definition) is 5. The highest BCUT2D eigenvalue weighted by atomic mass is 32.2. The van der Waals surface area contributed by atoms with E-state index in [1.807, 2.05) is 36.7 Å². The van der Waals surface area contributed by atoms with E-state index < -0.39 is 9.84 Å². The number of nitrogens with zero attached hydrogens (tertiary/aromatic N) is 3. The van der Waals surface area contributed by atoms with Gasteiger partial charge < -0.3 is 4.90 Å². The van der Waals surface area contributed by atoms with Crippen LogP contribution in [0, 0.1) is 0 Å². The number of fused-ring (bicyclic) bond motifs is 1. The van der Waals surface area contributed by atoms with Crippen molar-refractivity contribution in [2.75, 3.05) is 31.1 Å². The summed E-state index contributed by atoms with van der Waals surface area (Å²) in [7, 11) is -3.23. The Balaban J connectivity index is 1.46. The highest BCUT2D eigenvalue weighted by Crippen LogP contribution is 2.30. The summed E-state index contributed by atoms with van der Waals surface area (Å²) in [6.45, 7) is 4.64. The predicted octanol–water partition coefficient (Wildman–Crippen LogP) is 2.16. The number of anilines is 1. The molecule has 1 saturated heterocycles. The average molecular weight is 341 g/mol. The lowest BCUT2D eigenvalue weighted by molar-refractivity contribution is 0.249. The van der Waals surface area contributed by atoms with Crippen molar-refractivity contribution in [1.29, 1.82) is 0 Å². The maximum Gasteiger partial charge on any atom is 0.200 e. The van der Waals surface area contributed by atoms with E-state index in [2.05, 4.69) is 14.8 Å². The van der Waals surface area contributed by atoms with Crippen molar-refractivity contribution in [2.24, 2.45) is 0 Å². The van der Waals surface area contributed by atoms with Crippen molar-refractivity contribution in [3.05, 3.63) is 59.3 Å². The lowest BCUT2D eigenvalue weighted by atomic mass is 10.1. The van der Waals surface area contributed by atoms with Crippen LogP contribution in [0.15, 0.2) is 53.0 Å². The van der Waals surface area contributed by atoms with Crippen LogP contribution in [0.3, 0.4) is 0 Å². The van der Waals surface area contributed by atoms with Crippen molar-refractivity contribution in [3.63, 3.8) is 0 Å². The van der Waals surface area contributed by atoms with E-state index in [1.54, 1.807) is 12.1 Å². The van der Waals surface area contributed by atoms with Crippen molar-refractivity contribution in [1.82, 2.24) is 9.88 Å². The van der Waals surface area contributed by atoms with Crippen LogP contribution in [0.2, 0.25) is 0 Å². The Labute approximate surface area is 142 Å². The van der Waals surface area contributed by atoms with E-state index in [0.717, 1.165) is 43.9 Å². The molecule has 6 heteroatoms. The monoisotopic (exact) mass is 341 g/mol. The van der Waals surface area contributed by atoms with Crippen molar-refractivity contribution in [2.45, 2.75) is 11.4 Å². The number of hydrogen-bond donors (Lipinski definition) is 0. The maximum absolute atomic E-state index is 12.0. The number of benzene rings is 1. The lowest BCUT2D eigenvalue weighted by Gasteiger charge is -2.36. The molecule has 0 bridgehead atoms. The standard InChI is InChI=1S/C18H19N3O2S/c22-24(23)13-6-17-15(2-1-3-18(17)24)14-20-9-11-21(12-10-20)16-4-7-19-8-5-16/h1-8,13H,9-12,14H2. The summed E-state index contributed by atoms with van der Waals surface area (Å²) >= 11 is 0. The first-order chi connectivity index (χ1) is 11.6. The van der Waals surface area contributed by atoms with E-state index in [0.29, 0.717) is 4.90 Å². The molecule has 24 heavy (non-hydrogen) atoms. The van der Waals surface area contributed by atoms with Crippen LogP contribution in [-0.4, -0.2) is 44.5 Å². The number of sulfone groups is 1. The molecule has 0 aliphatic carbocycles. The van der Waals surface area contributed by atoms with Crippen LogP contribution in [0.25, 0.3) is 6.08 Å². The molecule has 0 spiro atoms. The summed E-state index contributed by atoms with van der Waals surface area (Å²) in [5.74, 6) is 0. The Bertz CT molecular complexity index is 870. The number of aromatic nitrogens is 1. The number of piperazine rings is 1. The zero-order valence-corrected chi connectivity index (χ0v) is 14.1. The van der Waals surface area contributed by atoms with E-state index in [4.69, 9.17) is 0 Å². The minimum absolute atomic E-state index is 0.440. The summed E-state index contributed by atoms with van der Waals surface area (Å²) in [6.07, 6.45) is 5.37. The van der Waals surface area contributed by atoms with Gasteiger partial charge in [0.15, 0.2) is 9.84 Å². The first-order valence-corrected chi connectivity index (χ1v) is 9.60. The van der Waals surface area contributed by atoms with E-state index >= 15 is 0 Å². The van der Waals surface area contributed by atoms with Gasteiger partial charge in [-0.25, -0.2) is 8.42 Å². The predicted molar refractivity (Wildman–Crippen MR) is 94.4 cm³/mol. The Hall–Kier alpha value is -2.18. The molecular formula is C18H19N3O2S. The highest BCUT2D eigenvalue weighted by Gasteiger charge is 2.24. The fourth-order valence-corrected chi connectivity index (χ4v) is 4.59. The molecule has 1 aromatic carbocycles. The third kappa shape index (κ3) is 2.83. The molecule has 0 unspecified atom stereocenters. The van der Waals surface area contributed by atoms with Crippen molar-refractivity contribution in [3.8, 4) is 0 Å². The van der Waals surface area contributed by atoms with Gasteiger partial charge in [-0.05, 0) is 35.4 Å². The molecule has 124 valence electrons. The van der Waals surface area contributed by atoms with Gasteiger partial charge in [-0.3, -0.25) is 9.88 Å². The molecule has 1 fully saturated rings. The molecule has 0 saturated carbocycles. The normalized spacial score (nSPS) is 19.4. The van der Waals surface area contributed by atoms with E-state index in [9.17, 15) is 8.42 Å². The third-order valence-electron chi connectivity index (χ3n) is 4.67. The van der Waals surface area contributed by atoms with Gasteiger partial charge in [-0.2, -0.15) is 0 Å². The second kappa shape index (κ2) is 6.03. The second-order valence-corrected chi connectivity index (χ2v) is 7.95. The van der Waals surface area contributed by atoms with Crippen molar-refractivity contribution < 1.29 is 8.42 Å². The molecule has 5 nitrogen and oxygen atoms in total. The zero-order valence-electron chi connectivity index (χ0n) is 13.3. The van der Waals surface area contributed by atoms with E-state index in [1.165, 1.54) is 11.1 Å². The van der Waals surface area contributed by atoms with Gasteiger partial charge in [-0.1, -0.05) is 12.1 Å². The second-order valence-electron chi connectivity index (χ2n) is 6.15. The maximum atomic E-state index is 12.0. The topological polar surface area (TPSA) is 53.5 Å². The SMILES string of the molecule is O=S1(=O)C=Cc2c(CN3CCN(c4ccncc4)CC3)cccc21. The molecule has 3 heterocycles. The molecule has 2 aliphatic heterocycles. The first-order valence-electron chi connectivity index (χ1n) is 8.06. The van der Waals surface area contributed by atoms with Crippen LogP contribution in [-0.2, 0) is 16.4 Å². The molecule has 2 aliphatic rings. The van der Waals surface area contributed by atoms with Crippen LogP contribution in [0.4, 0.5) is 5.69 Å². The smallest absolute Gasteiger partial charge is 0.200 e. The molecule has 0 atom stereocenters. The Morgan fingerprint density at radius 2 is 1.75 bits per heavy atom. The molecule has 2 aromatic rings. The molecule has 1 aromatic heterocycles. The van der Waals surface area contributed by atoms with Crippen LogP contribution < -0.4 is 4.90 Å². The number of pyridine rings is 1. The molecule has 0 radical (unpaired) electrons. The quantitative estimate of drug-likeness (QED) is 0.856.